The number of ether oxygens (including phenoxy) is 1. The number of halogens is 3. The zero-order chi connectivity index (χ0) is 13.8. The minimum absolute atomic E-state index is 0.0128. The molecule has 0 saturated heterocycles. The van der Waals surface area contributed by atoms with E-state index in [4.69, 9.17) is 15.6 Å². The number of anilines is 1. The molecule has 1 rings (SSSR count). The van der Waals surface area contributed by atoms with Gasteiger partial charge in [-0.15, -0.1) is 0 Å². The number of hydrogen-bond acceptors (Lipinski definition) is 3. The van der Waals surface area contributed by atoms with E-state index in [1.54, 1.807) is 0 Å². The lowest BCUT2D eigenvalue weighted by Crippen LogP contribution is -2.11. The van der Waals surface area contributed by atoms with Crippen molar-refractivity contribution >= 4 is 11.7 Å². The predicted molar refractivity (Wildman–Crippen MR) is 58.6 cm³/mol. The summed E-state index contributed by atoms with van der Waals surface area (Å²) < 4.78 is 40.6. The van der Waals surface area contributed by atoms with Crippen LogP contribution in [0.25, 0.3) is 0 Å². The van der Waals surface area contributed by atoms with Gasteiger partial charge < -0.3 is 15.6 Å². The number of carboxylic acids is 1. The average molecular weight is 263 g/mol. The number of rotatable bonds is 5. The third-order valence-electron chi connectivity index (χ3n) is 2.10. The average Bonchev–Trinajstić information content (AvgIpc) is 2.24. The van der Waals surface area contributed by atoms with E-state index in [1.165, 1.54) is 18.2 Å². The molecule has 0 bridgehead atoms. The van der Waals surface area contributed by atoms with Gasteiger partial charge in [0.25, 0.3) is 0 Å². The fourth-order valence-corrected chi connectivity index (χ4v) is 1.30. The van der Waals surface area contributed by atoms with Crippen molar-refractivity contribution in [2.75, 3.05) is 12.3 Å². The van der Waals surface area contributed by atoms with Crippen LogP contribution in [0.15, 0.2) is 18.2 Å². The molecule has 1 aromatic rings. The third kappa shape index (κ3) is 4.52. The van der Waals surface area contributed by atoms with Gasteiger partial charge in [-0.3, -0.25) is 0 Å². The first kappa shape index (κ1) is 14.1. The van der Waals surface area contributed by atoms with E-state index in [2.05, 4.69) is 0 Å². The van der Waals surface area contributed by atoms with Gasteiger partial charge in [-0.25, -0.2) is 4.79 Å². The molecule has 0 heterocycles. The van der Waals surface area contributed by atoms with Gasteiger partial charge in [-0.2, -0.15) is 13.2 Å². The van der Waals surface area contributed by atoms with Crippen molar-refractivity contribution in [3.63, 3.8) is 0 Å². The Kier molecular flexibility index (Phi) is 4.41. The molecule has 0 fully saturated rings. The molecule has 0 aromatic heterocycles. The molecular weight excluding hydrogens is 251 g/mol. The largest absolute Gasteiger partial charge is 0.493 e. The van der Waals surface area contributed by atoms with Crippen LogP contribution in [0.5, 0.6) is 5.75 Å². The van der Waals surface area contributed by atoms with Crippen molar-refractivity contribution in [1.29, 1.82) is 0 Å². The summed E-state index contributed by atoms with van der Waals surface area (Å²) in [4.78, 5) is 10.9. The van der Waals surface area contributed by atoms with Crippen LogP contribution in [0.4, 0.5) is 18.9 Å². The first-order chi connectivity index (χ1) is 8.29. The smallest absolute Gasteiger partial charge is 0.389 e. The fourth-order valence-electron chi connectivity index (χ4n) is 1.30. The summed E-state index contributed by atoms with van der Waals surface area (Å²) in [5, 5.41) is 8.86. The highest BCUT2D eigenvalue weighted by Gasteiger charge is 2.26. The van der Waals surface area contributed by atoms with Crippen LogP contribution in [0.2, 0.25) is 0 Å². The lowest BCUT2D eigenvalue weighted by molar-refractivity contribution is -0.136. The molecule has 0 aliphatic rings. The Hall–Kier alpha value is -1.92. The Bertz CT molecular complexity index is 432. The second-order valence-electron chi connectivity index (χ2n) is 3.63. The van der Waals surface area contributed by atoms with Gasteiger partial charge in [0, 0.05) is 12.1 Å². The molecule has 0 aliphatic heterocycles. The van der Waals surface area contributed by atoms with Gasteiger partial charge in [0.2, 0.25) is 0 Å². The van der Waals surface area contributed by atoms with Crippen molar-refractivity contribution in [3.8, 4) is 5.75 Å². The van der Waals surface area contributed by atoms with Crippen LogP contribution in [-0.4, -0.2) is 23.9 Å². The molecular formula is C11H12F3NO3. The summed E-state index contributed by atoms with van der Waals surface area (Å²) in [5.41, 5.74) is 5.49. The molecule has 0 aliphatic carbocycles. The molecule has 0 spiro atoms. The maximum absolute atomic E-state index is 11.9. The normalized spacial score (nSPS) is 11.3. The number of nitrogens with two attached hydrogens (primary N) is 1. The minimum atomic E-state index is -4.24. The van der Waals surface area contributed by atoms with Gasteiger partial charge in [-0.05, 0) is 24.6 Å². The van der Waals surface area contributed by atoms with E-state index in [0.29, 0.717) is 0 Å². The molecule has 1 aromatic carbocycles. The zero-order valence-corrected chi connectivity index (χ0v) is 9.33. The highest BCUT2D eigenvalue weighted by atomic mass is 19.4. The van der Waals surface area contributed by atoms with Crippen LogP contribution in [0.1, 0.15) is 23.2 Å². The molecule has 0 saturated carbocycles. The van der Waals surface area contributed by atoms with Crippen molar-refractivity contribution in [3.05, 3.63) is 23.8 Å². The molecule has 4 nitrogen and oxygen atoms in total. The van der Waals surface area contributed by atoms with E-state index in [9.17, 15) is 18.0 Å². The van der Waals surface area contributed by atoms with Crippen LogP contribution in [0.3, 0.4) is 0 Å². The van der Waals surface area contributed by atoms with Gasteiger partial charge in [0.05, 0.1) is 6.61 Å². The van der Waals surface area contributed by atoms with E-state index < -0.39 is 18.6 Å². The van der Waals surface area contributed by atoms with E-state index in [-0.39, 0.29) is 30.0 Å². The Morgan fingerprint density at radius 2 is 2.06 bits per heavy atom. The second-order valence-corrected chi connectivity index (χ2v) is 3.63. The van der Waals surface area contributed by atoms with Crippen molar-refractivity contribution in [2.24, 2.45) is 0 Å². The molecule has 100 valence electrons. The lowest BCUT2D eigenvalue weighted by Gasteiger charge is -2.10. The Labute approximate surface area is 101 Å². The number of benzene rings is 1. The summed E-state index contributed by atoms with van der Waals surface area (Å²) in [5.74, 6) is -1.23. The lowest BCUT2D eigenvalue weighted by atomic mass is 10.2. The number of hydrogen-bond donors (Lipinski definition) is 2. The molecule has 0 atom stereocenters. The first-order valence-corrected chi connectivity index (χ1v) is 5.12. The summed E-state index contributed by atoms with van der Waals surface area (Å²) in [6.45, 7) is -0.205. The van der Waals surface area contributed by atoms with Crippen molar-refractivity contribution in [1.82, 2.24) is 0 Å². The fraction of sp³-hybridized carbons (Fsp3) is 0.364. The number of aromatic carboxylic acids is 1. The van der Waals surface area contributed by atoms with Crippen LogP contribution >= 0.6 is 0 Å². The van der Waals surface area contributed by atoms with Crippen LogP contribution in [0, 0.1) is 0 Å². The zero-order valence-electron chi connectivity index (χ0n) is 9.33. The molecule has 3 N–H and O–H groups in total. The molecule has 0 unspecified atom stereocenters. The van der Waals surface area contributed by atoms with E-state index >= 15 is 0 Å². The standard InChI is InChI=1S/C11H12F3NO3/c12-11(13,14)4-1-5-18-9-3-2-7(15)6-8(9)10(16)17/h2-3,6H,1,4-5,15H2,(H,16,17). The predicted octanol–water partition coefficient (Wildman–Crippen LogP) is 2.69. The Morgan fingerprint density at radius 3 is 2.61 bits per heavy atom. The van der Waals surface area contributed by atoms with Crippen LogP contribution < -0.4 is 10.5 Å². The quantitative estimate of drug-likeness (QED) is 0.632. The van der Waals surface area contributed by atoms with Crippen molar-refractivity contribution < 1.29 is 27.8 Å². The highest BCUT2D eigenvalue weighted by molar-refractivity contribution is 5.92. The maximum atomic E-state index is 11.9. The number of carbonyl (C=O) groups is 1. The summed E-state index contributed by atoms with van der Waals surface area (Å²) in [7, 11) is 0. The summed E-state index contributed by atoms with van der Waals surface area (Å²) in [6.07, 6.45) is -5.43. The summed E-state index contributed by atoms with van der Waals surface area (Å²) in [6, 6.07) is 3.94. The molecule has 0 radical (unpaired) electrons. The highest BCUT2D eigenvalue weighted by Crippen LogP contribution is 2.24. The van der Waals surface area contributed by atoms with Crippen LogP contribution in [-0.2, 0) is 0 Å². The van der Waals surface area contributed by atoms with E-state index in [0.717, 1.165) is 0 Å². The topological polar surface area (TPSA) is 72.5 Å². The van der Waals surface area contributed by atoms with Gasteiger partial charge in [0.1, 0.15) is 11.3 Å². The third-order valence-corrected chi connectivity index (χ3v) is 2.10. The molecule has 7 heteroatoms. The second kappa shape index (κ2) is 5.61. The minimum Gasteiger partial charge on any atom is -0.493 e. The molecule has 18 heavy (non-hydrogen) atoms. The SMILES string of the molecule is Nc1ccc(OCCCC(F)(F)F)c(C(=O)O)c1. The van der Waals surface area contributed by atoms with E-state index in [1.807, 2.05) is 0 Å². The maximum Gasteiger partial charge on any atom is 0.389 e. The van der Waals surface area contributed by atoms with Crippen molar-refractivity contribution in [2.45, 2.75) is 19.0 Å². The number of nitrogen functional groups attached to an aromatic ring is 1. The Morgan fingerprint density at radius 1 is 1.39 bits per heavy atom. The number of carboxylic acid groups (broad SMARTS) is 1. The van der Waals surface area contributed by atoms with Gasteiger partial charge >= 0.3 is 12.1 Å². The monoisotopic (exact) mass is 263 g/mol. The summed E-state index contributed by atoms with van der Waals surface area (Å²) >= 11 is 0. The van der Waals surface area contributed by atoms with Gasteiger partial charge in [0.15, 0.2) is 0 Å². The Balaban J connectivity index is 2.59. The molecule has 0 amide bonds. The number of alkyl halides is 3. The van der Waals surface area contributed by atoms with Gasteiger partial charge in [-0.1, -0.05) is 0 Å². The first-order valence-electron chi connectivity index (χ1n) is 5.12.